The number of aliphatic carboxylic acids is 1. The van der Waals surface area contributed by atoms with Gasteiger partial charge in [-0.25, -0.2) is 4.98 Å². The number of nitrogens with one attached hydrogen (secondary N) is 2. The fourth-order valence-corrected chi connectivity index (χ4v) is 7.84. The minimum atomic E-state index is -0.920. The standard InChI is InChI=1S/C40H63N5O7S/c1-9-19-45(39(48)35(27(5)10-2)43-37(47)32-18-14-15-20-44(32)7)33(26(3)4)23-34(52-25-51-8)38-42-31(24-53-38)36(46)41-30(21-28(6)40(49)50)22-29-16-12-11-13-17-29/h11-13,16-17,24,26-28,30,32-35H,9-10,14-15,18-23,25H2,1-8H3,(H,41,46)(H,43,47)(H,49,50). The molecule has 0 radical (unpaired) electrons. The highest BCUT2D eigenvalue weighted by Crippen LogP contribution is 2.32. The van der Waals surface area contributed by atoms with E-state index in [1.54, 1.807) is 19.4 Å². The number of carbonyl (C=O) groups excluding carboxylic acids is 3. The van der Waals surface area contributed by atoms with E-state index in [1.807, 2.05) is 63.1 Å². The number of rotatable bonds is 22. The number of ether oxygens (including phenoxy) is 2. The molecule has 53 heavy (non-hydrogen) atoms. The number of likely N-dealkylation sites (tertiary alicyclic amines) is 1. The van der Waals surface area contributed by atoms with Crippen LogP contribution in [0.25, 0.3) is 0 Å². The Morgan fingerprint density at radius 1 is 1.06 bits per heavy atom. The van der Waals surface area contributed by atoms with Crippen LogP contribution in [0.15, 0.2) is 35.7 Å². The lowest BCUT2D eigenvalue weighted by Crippen LogP contribution is -2.58. The van der Waals surface area contributed by atoms with Crippen molar-refractivity contribution in [1.82, 2.24) is 25.4 Å². The van der Waals surface area contributed by atoms with Gasteiger partial charge in [0.1, 0.15) is 29.6 Å². The molecule has 7 atom stereocenters. The van der Waals surface area contributed by atoms with Gasteiger partial charge < -0.3 is 30.1 Å². The Hall–Kier alpha value is -3.39. The highest BCUT2D eigenvalue weighted by atomic mass is 32.1. The van der Waals surface area contributed by atoms with Crippen LogP contribution < -0.4 is 10.6 Å². The van der Waals surface area contributed by atoms with Crippen LogP contribution in [0.1, 0.15) is 114 Å². The first-order valence-corrected chi connectivity index (χ1v) is 20.1. The zero-order chi connectivity index (χ0) is 39.1. The van der Waals surface area contributed by atoms with E-state index in [1.165, 1.54) is 11.3 Å². The van der Waals surface area contributed by atoms with E-state index in [0.29, 0.717) is 24.4 Å². The molecule has 0 aliphatic carbocycles. The smallest absolute Gasteiger partial charge is 0.306 e. The Kier molecular flexibility index (Phi) is 18.4. The average Bonchev–Trinajstić information content (AvgIpc) is 3.63. The first kappa shape index (κ1) is 44.0. The number of benzene rings is 1. The number of amides is 3. The summed E-state index contributed by atoms with van der Waals surface area (Å²) in [5, 5.41) is 18.0. The van der Waals surface area contributed by atoms with Gasteiger partial charge in [0.15, 0.2) is 0 Å². The maximum Gasteiger partial charge on any atom is 0.306 e. The van der Waals surface area contributed by atoms with Crippen LogP contribution >= 0.6 is 11.3 Å². The number of nitrogens with zero attached hydrogens (tertiary/aromatic N) is 3. The molecule has 1 aliphatic rings. The second kappa shape index (κ2) is 22.1. The van der Waals surface area contributed by atoms with Gasteiger partial charge in [-0.15, -0.1) is 11.3 Å². The molecule has 1 aromatic heterocycles. The maximum atomic E-state index is 14.6. The van der Waals surface area contributed by atoms with Gasteiger partial charge in [-0.2, -0.15) is 0 Å². The topological polar surface area (TPSA) is 150 Å². The van der Waals surface area contributed by atoms with Gasteiger partial charge >= 0.3 is 5.97 Å². The Morgan fingerprint density at radius 2 is 1.77 bits per heavy atom. The summed E-state index contributed by atoms with van der Waals surface area (Å²) >= 11 is 1.30. The third-order valence-electron chi connectivity index (χ3n) is 10.4. The zero-order valence-electron chi connectivity index (χ0n) is 33.0. The summed E-state index contributed by atoms with van der Waals surface area (Å²) in [7, 11) is 3.51. The molecule has 3 rings (SSSR count). The lowest BCUT2D eigenvalue weighted by atomic mass is 9.92. The van der Waals surface area contributed by atoms with Gasteiger partial charge in [0.2, 0.25) is 11.8 Å². The van der Waals surface area contributed by atoms with Crippen molar-refractivity contribution in [2.24, 2.45) is 17.8 Å². The van der Waals surface area contributed by atoms with Crippen molar-refractivity contribution in [3.05, 3.63) is 52.0 Å². The number of carboxylic acids is 1. The van der Waals surface area contributed by atoms with Gasteiger partial charge in [-0.3, -0.25) is 24.1 Å². The molecule has 0 spiro atoms. The lowest BCUT2D eigenvalue weighted by Gasteiger charge is -2.40. The summed E-state index contributed by atoms with van der Waals surface area (Å²) in [5.41, 5.74) is 1.21. The Labute approximate surface area is 320 Å². The molecule has 2 aromatic rings. The monoisotopic (exact) mass is 757 g/mol. The molecule has 1 fully saturated rings. The molecule has 12 nitrogen and oxygen atoms in total. The second-order valence-electron chi connectivity index (χ2n) is 14.9. The SMILES string of the molecule is CCCN(C(=O)C(NC(=O)C1CCCCN1C)C(C)CC)C(CC(OCOC)c1nc(C(=O)NC(Cc2ccccc2)CC(C)C(=O)O)cs1)C(C)C. The van der Waals surface area contributed by atoms with E-state index in [-0.39, 0.29) is 54.6 Å². The highest BCUT2D eigenvalue weighted by molar-refractivity contribution is 7.09. The number of thiazole rings is 1. The molecular weight excluding hydrogens is 695 g/mol. The molecule has 13 heteroatoms. The summed E-state index contributed by atoms with van der Waals surface area (Å²) in [6.45, 7) is 13.2. The number of hydrogen-bond donors (Lipinski definition) is 3. The zero-order valence-corrected chi connectivity index (χ0v) is 33.8. The summed E-state index contributed by atoms with van der Waals surface area (Å²) in [6.07, 6.45) is 4.86. The van der Waals surface area contributed by atoms with Crippen molar-refractivity contribution in [1.29, 1.82) is 0 Å². The molecule has 0 saturated carbocycles. The van der Waals surface area contributed by atoms with E-state index in [2.05, 4.69) is 29.4 Å². The van der Waals surface area contributed by atoms with Crippen LogP contribution in [0.2, 0.25) is 0 Å². The predicted molar refractivity (Wildman–Crippen MR) is 208 cm³/mol. The normalized spacial score (nSPS) is 18.4. The molecule has 1 aromatic carbocycles. The predicted octanol–water partition coefficient (Wildman–Crippen LogP) is 5.93. The van der Waals surface area contributed by atoms with Gasteiger partial charge in [-0.05, 0) is 63.1 Å². The first-order chi connectivity index (χ1) is 25.3. The molecular formula is C40H63N5O7S. The molecule has 3 N–H and O–H groups in total. The van der Waals surface area contributed by atoms with Crippen molar-refractivity contribution >= 4 is 35.0 Å². The second-order valence-corrected chi connectivity index (χ2v) is 15.8. The Balaban J connectivity index is 1.86. The molecule has 3 amide bonds. The van der Waals surface area contributed by atoms with Crippen molar-refractivity contribution in [2.45, 2.75) is 123 Å². The van der Waals surface area contributed by atoms with Crippen LogP contribution in [0, 0.1) is 17.8 Å². The Bertz CT molecular complexity index is 1440. The Morgan fingerprint density at radius 3 is 2.38 bits per heavy atom. The molecule has 7 unspecified atom stereocenters. The molecule has 0 bridgehead atoms. The van der Waals surface area contributed by atoms with E-state index in [0.717, 1.165) is 44.2 Å². The fourth-order valence-electron chi connectivity index (χ4n) is 6.99. The summed E-state index contributed by atoms with van der Waals surface area (Å²) < 4.78 is 11.5. The number of hydrogen-bond acceptors (Lipinski definition) is 9. The van der Waals surface area contributed by atoms with Crippen molar-refractivity contribution in [3.63, 3.8) is 0 Å². The molecule has 296 valence electrons. The average molecular weight is 758 g/mol. The first-order valence-electron chi connectivity index (χ1n) is 19.3. The number of piperidine rings is 1. The van der Waals surface area contributed by atoms with Gasteiger partial charge in [-0.1, -0.05) is 84.7 Å². The number of likely N-dealkylation sites (N-methyl/N-ethyl adjacent to an activating group) is 1. The minimum absolute atomic E-state index is 0.00893. The molecule has 1 aliphatic heterocycles. The summed E-state index contributed by atoms with van der Waals surface area (Å²) in [4.78, 5) is 62.2. The van der Waals surface area contributed by atoms with Gasteiger partial charge in [0.05, 0.1) is 12.0 Å². The number of aromatic nitrogens is 1. The van der Waals surface area contributed by atoms with E-state index in [4.69, 9.17) is 14.5 Å². The third-order valence-corrected chi connectivity index (χ3v) is 11.3. The van der Waals surface area contributed by atoms with Crippen LogP contribution in [0.5, 0.6) is 0 Å². The van der Waals surface area contributed by atoms with Crippen LogP contribution in [-0.4, -0.2) is 102 Å². The highest BCUT2D eigenvalue weighted by Gasteiger charge is 2.38. The van der Waals surface area contributed by atoms with Crippen molar-refractivity contribution < 1.29 is 33.8 Å². The van der Waals surface area contributed by atoms with Crippen LogP contribution in [0.4, 0.5) is 0 Å². The van der Waals surface area contributed by atoms with E-state index in [9.17, 15) is 24.3 Å². The van der Waals surface area contributed by atoms with E-state index < -0.39 is 36.0 Å². The van der Waals surface area contributed by atoms with Gasteiger partial charge in [0.25, 0.3) is 5.91 Å². The van der Waals surface area contributed by atoms with E-state index >= 15 is 0 Å². The van der Waals surface area contributed by atoms with Crippen molar-refractivity contribution in [3.8, 4) is 0 Å². The molecule has 2 heterocycles. The quantitative estimate of drug-likeness (QED) is 0.124. The van der Waals surface area contributed by atoms with Crippen molar-refractivity contribution in [2.75, 3.05) is 34.0 Å². The fraction of sp³-hybridized carbons (Fsp3) is 0.675. The number of carbonyl (C=O) groups is 4. The largest absolute Gasteiger partial charge is 0.481 e. The minimum Gasteiger partial charge on any atom is -0.481 e. The third kappa shape index (κ3) is 13.2. The maximum absolute atomic E-state index is 14.6. The summed E-state index contributed by atoms with van der Waals surface area (Å²) in [6, 6.07) is 8.05. The summed E-state index contributed by atoms with van der Waals surface area (Å²) in [5.74, 6) is -2.19. The van der Waals surface area contributed by atoms with Gasteiger partial charge in [0, 0.05) is 37.5 Å². The van der Waals surface area contributed by atoms with Crippen LogP contribution in [-0.2, 0) is 30.3 Å². The van der Waals surface area contributed by atoms with Crippen LogP contribution in [0.3, 0.4) is 0 Å². The number of carboxylic acid groups (broad SMARTS) is 1. The number of methoxy groups -OCH3 is 1. The molecule has 1 saturated heterocycles. The lowest BCUT2D eigenvalue weighted by molar-refractivity contribution is -0.144.